The lowest BCUT2D eigenvalue weighted by Gasteiger charge is -2.02. The first-order valence-corrected chi connectivity index (χ1v) is 9.74. The van der Waals surface area contributed by atoms with Crippen LogP contribution in [0.15, 0.2) is 17.2 Å². The number of aryl methyl sites for hydroxylation is 2. The molecule has 2 rings (SSSR count). The molecule has 0 aliphatic heterocycles. The van der Waals surface area contributed by atoms with Crippen molar-refractivity contribution < 1.29 is 0 Å². The highest BCUT2D eigenvalue weighted by atomic mass is 79.9. The number of unbranched alkanes of at least 4 members (excludes halogenated alkanes) is 4. The Balaban J connectivity index is 2.03. The van der Waals surface area contributed by atoms with Gasteiger partial charge in [-0.1, -0.05) is 48.5 Å². The van der Waals surface area contributed by atoms with E-state index in [1.807, 2.05) is 0 Å². The summed E-state index contributed by atoms with van der Waals surface area (Å²) in [6.07, 6.45) is 10.1. The molecule has 0 spiro atoms. The van der Waals surface area contributed by atoms with E-state index < -0.39 is 0 Å². The molecule has 0 aromatic carbocycles. The van der Waals surface area contributed by atoms with Gasteiger partial charge in [0, 0.05) is 16.8 Å². The number of aromatic nitrogens is 2. The van der Waals surface area contributed by atoms with Crippen LogP contribution in [0.3, 0.4) is 0 Å². The maximum absolute atomic E-state index is 12.4. The van der Waals surface area contributed by atoms with Crippen molar-refractivity contribution >= 4 is 37.5 Å². The molecule has 0 aliphatic rings. The fraction of sp³-hybridized carbons (Fsp3) is 0.625. The number of thiophene rings is 1. The van der Waals surface area contributed by atoms with Crippen LogP contribution in [0.2, 0.25) is 0 Å². The summed E-state index contributed by atoms with van der Waals surface area (Å²) in [6.45, 7) is 2.97. The van der Waals surface area contributed by atoms with E-state index in [1.54, 1.807) is 22.2 Å². The van der Waals surface area contributed by atoms with Gasteiger partial charge >= 0.3 is 0 Å². The number of fused-ring (bicyclic) bond motifs is 1. The summed E-state index contributed by atoms with van der Waals surface area (Å²) < 4.78 is 1.72. The fourth-order valence-corrected chi connectivity index (χ4v) is 3.70. The molecule has 116 valence electrons. The second-order valence-electron chi connectivity index (χ2n) is 5.38. The molecular formula is C16H23BrN2OS. The Morgan fingerprint density at radius 2 is 2.05 bits per heavy atom. The van der Waals surface area contributed by atoms with Crippen LogP contribution >= 0.6 is 27.3 Å². The molecule has 3 nitrogen and oxygen atoms in total. The van der Waals surface area contributed by atoms with Crippen LogP contribution in [0.5, 0.6) is 0 Å². The van der Waals surface area contributed by atoms with Crippen molar-refractivity contribution in [3.8, 4) is 0 Å². The number of hydrogen-bond donors (Lipinski definition) is 0. The monoisotopic (exact) mass is 370 g/mol. The number of rotatable bonds is 9. The highest BCUT2D eigenvalue weighted by molar-refractivity contribution is 9.09. The van der Waals surface area contributed by atoms with Crippen LogP contribution in [0.4, 0.5) is 0 Å². The third kappa shape index (κ3) is 4.65. The largest absolute Gasteiger partial charge is 0.299 e. The molecule has 0 unspecified atom stereocenters. The summed E-state index contributed by atoms with van der Waals surface area (Å²) >= 11 is 5.07. The topological polar surface area (TPSA) is 34.9 Å². The standard InChI is InChI=1S/C16H23BrN2OS/c1-2-3-4-5-6-8-13-11-14-15(21-13)18-12-19(16(14)20)10-7-9-17/h11-12H,2-10H2,1H3. The fourth-order valence-electron chi connectivity index (χ4n) is 2.43. The molecule has 0 radical (unpaired) electrons. The zero-order valence-electron chi connectivity index (χ0n) is 12.6. The van der Waals surface area contributed by atoms with E-state index in [9.17, 15) is 4.79 Å². The van der Waals surface area contributed by atoms with Crippen LogP contribution in [0.1, 0.15) is 50.3 Å². The first-order chi connectivity index (χ1) is 10.3. The Bertz CT molecular complexity index is 620. The lowest BCUT2D eigenvalue weighted by atomic mass is 10.1. The minimum absolute atomic E-state index is 0.106. The summed E-state index contributed by atoms with van der Waals surface area (Å²) in [5, 5.41) is 1.70. The summed E-state index contributed by atoms with van der Waals surface area (Å²) in [7, 11) is 0. The van der Waals surface area contributed by atoms with Crippen molar-refractivity contribution in [2.75, 3.05) is 5.33 Å². The molecule has 0 saturated carbocycles. The maximum atomic E-state index is 12.4. The molecule has 2 heterocycles. The minimum atomic E-state index is 0.106. The molecule has 2 aromatic heterocycles. The molecule has 0 fully saturated rings. The van der Waals surface area contributed by atoms with Crippen molar-refractivity contribution in [2.24, 2.45) is 0 Å². The van der Waals surface area contributed by atoms with Gasteiger partial charge in [-0.05, 0) is 25.3 Å². The molecule has 0 bridgehead atoms. The Morgan fingerprint density at radius 1 is 1.24 bits per heavy atom. The molecule has 0 amide bonds. The van der Waals surface area contributed by atoms with Crippen LogP contribution in [0, 0.1) is 0 Å². The second-order valence-corrected chi connectivity index (χ2v) is 7.29. The Labute approximate surface area is 138 Å². The van der Waals surface area contributed by atoms with Gasteiger partial charge in [0.2, 0.25) is 0 Å². The van der Waals surface area contributed by atoms with Crippen LogP contribution in [-0.4, -0.2) is 14.9 Å². The van der Waals surface area contributed by atoms with E-state index in [1.165, 1.54) is 37.0 Å². The lowest BCUT2D eigenvalue weighted by molar-refractivity contribution is 0.634. The zero-order chi connectivity index (χ0) is 15.1. The van der Waals surface area contributed by atoms with Gasteiger partial charge in [-0.25, -0.2) is 4.98 Å². The predicted molar refractivity (Wildman–Crippen MR) is 94.8 cm³/mol. The van der Waals surface area contributed by atoms with Crippen molar-refractivity contribution in [3.63, 3.8) is 0 Å². The summed E-state index contributed by atoms with van der Waals surface area (Å²) in [5.74, 6) is 0. The highest BCUT2D eigenvalue weighted by Gasteiger charge is 2.08. The summed E-state index contributed by atoms with van der Waals surface area (Å²) in [4.78, 5) is 19.0. The Kier molecular flexibility index (Phi) is 6.90. The van der Waals surface area contributed by atoms with E-state index in [0.29, 0.717) is 0 Å². The quantitative estimate of drug-likeness (QED) is 0.471. The molecule has 0 aliphatic carbocycles. The van der Waals surface area contributed by atoms with Crippen LogP contribution in [-0.2, 0) is 13.0 Å². The number of nitrogens with zero attached hydrogens (tertiary/aromatic N) is 2. The summed E-state index contributed by atoms with van der Waals surface area (Å²) in [5.41, 5.74) is 0.106. The van der Waals surface area contributed by atoms with E-state index >= 15 is 0 Å². The third-order valence-corrected chi connectivity index (χ3v) is 5.29. The first kappa shape index (κ1) is 16.7. The Hall–Kier alpha value is -0.680. The van der Waals surface area contributed by atoms with E-state index in [2.05, 4.69) is 33.9 Å². The predicted octanol–water partition coefficient (Wildman–Crippen LogP) is 4.76. The van der Waals surface area contributed by atoms with E-state index in [0.717, 1.165) is 34.9 Å². The van der Waals surface area contributed by atoms with Gasteiger partial charge in [0.1, 0.15) is 4.83 Å². The van der Waals surface area contributed by atoms with Crippen molar-refractivity contribution in [3.05, 3.63) is 27.6 Å². The molecule has 0 saturated heterocycles. The van der Waals surface area contributed by atoms with Crippen molar-refractivity contribution in [1.29, 1.82) is 0 Å². The Morgan fingerprint density at radius 3 is 2.81 bits per heavy atom. The third-order valence-electron chi connectivity index (χ3n) is 3.63. The highest BCUT2D eigenvalue weighted by Crippen LogP contribution is 2.23. The molecule has 0 N–H and O–H groups in total. The average molecular weight is 371 g/mol. The van der Waals surface area contributed by atoms with Crippen LogP contribution < -0.4 is 5.56 Å². The minimum Gasteiger partial charge on any atom is -0.299 e. The van der Waals surface area contributed by atoms with Gasteiger partial charge in [-0.2, -0.15) is 0 Å². The van der Waals surface area contributed by atoms with Gasteiger partial charge in [0.25, 0.3) is 5.56 Å². The molecule has 21 heavy (non-hydrogen) atoms. The van der Waals surface area contributed by atoms with Gasteiger partial charge in [0.15, 0.2) is 0 Å². The van der Waals surface area contributed by atoms with Gasteiger partial charge in [-0.3, -0.25) is 9.36 Å². The average Bonchev–Trinajstić information content (AvgIpc) is 2.90. The zero-order valence-corrected chi connectivity index (χ0v) is 15.0. The van der Waals surface area contributed by atoms with Gasteiger partial charge in [-0.15, -0.1) is 11.3 Å². The molecule has 5 heteroatoms. The van der Waals surface area contributed by atoms with Crippen LogP contribution in [0.25, 0.3) is 10.2 Å². The summed E-state index contributed by atoms with van der Waals surface area (Å²) in [6, 6.07) is 2.06. The molecule has 0 atom stereocenters. The number of hydrogen-bond acceptors (Lipinski definition) is 3. The van der Waals surface area contributed by atoms with E-state index in [-0.39, 0.29) is 5.56 Å². The SMILES string of the molecule is CCCCCCCc1cc2c(=O)n(CCCBr)cnc2s1. The lowest BCUT2D eigenvalue weighted by Crippen LogP contribution is -2.20. The molecule has 2 aromatic rings. The van der Waals surface area contributed by atoms with Crippen molar-refractivity contribution in [2.45, 2.75) is 58.4 Å². The first-order valence-electron chi connectivity index (χ1n) is 7.80. The van der Waals surface area contributed by atoms with E-state index in [4.69, 9.17) is 0 Å². The van der Waals surface area contributed by atoms with Gasteiger partial charge < -0.3 is 0 Å². The molecular weight excluding hydrogens is 348 g/mol. The number of alkyl halides is 1. The van der Waals surface area contributed by atoms with Gasteiger partial charge in [0.05, 0.1) is 11.7 Å². The smallest absolute Gasteiger partial charge is 0.262 e. The second kappa shape index (κ2) is 8.69. The maximum Gasteiger partial charge on any atom is 0.262 e. The normalized spacial score (nSPS) is 11.3. The number of halogens is 1. The van der Waals surface area contributed by atoms with Crippen molar-refractivity contribution in [1.82, 2.24) is 9.55 Å².